The van der Waals surface area contributed by atoms with Crippen LogP contribution in [0.4, 0.5) is 5.88 Å². The largest absolute Gasteiger partial charge is 0.441 e. The van der Waals surface area contributed by atoms with Crippen LogP contribution in [-0.4, -0.2) is 48.0 Å². The third kappa shape index (κ3) is 3.89. The molecule has 3 rings (SSSR count). The van der Waals surface area contributed by atoms with Gasteiger partial charge in [0, 0.05) is 18.7 Å². The lowest BCUT2D eigenvalue weighted by molar-refractivity contribution is -0.402. The van der Waals surface area contributed by atoms with Crippen LogP contribution in [0.3, 0.4) is 0 Å². The Morgan fingerprint density at radius 1 is 1.12 bits per heavy atom. The maximum absolute atomic E-state index is 12.8. The van der Waals surface area contributed by atoms with Gasteiger partial charge in [-0.3, -0.25) is 14.9 Å². The molecule has 0 spiro atoms. The lowest BCUT2D eigenvalue weighted by Crippen LogP contribution is -2.44. The molecule has 2 aromatic rings. The second kappa shape index (κ2) is 7.79. The molecule has 26 heavy (non-hydrogen) atoms. The van der Waals surface area contributed by atoms with E-state index < -0.39 is 22.9 Å². The van der Waals surface area contributed by atoms with Gasteiger partial charge in [-0.25, -0.2) is 4.79 Å². The summed E-state index contributed by atoms with van der Waals surface area (Å²) in [5.41, 5.74) is 0.499. The van der Waals surface area contributed by atoms with Crippen molar-refractivity contribution in [2.45, 2.75) is 6.10 Å². The van der Waals surface area contributed by atoms with Crippen LogP contribution in [0.5, 0.6) is 0 Å². The normalized spacial score (nSPS) is 15.3. The highest BCUT2D eigenvalue weighted by Gasteiger charge is 2.32. The van der Waals surface area contributed by atoms with Gasteiger partial charge in [0.1, 0.15) is 4.92 Å². The van der Waals surface area contributed by atoms with Crippen LogP contribution < -0.4 is 0 Å². The van der Waals surface area contributed by atoms with Gasteiger partial charge in [-0.2, -0.15) is 0 Å². The molecule has 0 N–H and O–H groups in total. The molecule has 2 heterocycles. The van der Waals surface area contributed by atoms with Crippen molar-refractivity contribution in [2.75, 3.05) is 26.3 Å². The van der Waals surface area contributed by atoms with Crippen molar-refractivity contribution < 1.29 is 28.4 Å². The molecular formula is C17H16N2O7. The van der Waals surface area contributed by atoms with Crippen molar-refractivity contribution in [2.24, 2.45) is 0 Å². The minimum atomic E-state index is -1.18. The molecule has 1 saturated heterocycles. The van der Waals surface area contributed by atoms with Crippen LogP contribution in [0.1, 0.15) is 22.2 Å². The number of ether oxygens (including phenoxy) is 2. The highest BCUT2D eigenvalue weighted by Crippen LogP contribution is 2.24. The Hall–Kier alpha value is -3.20. The highest BCUT2D eigenvalue weighted by molar-refractivity contribution is 5.91. The Balaban J connectivity index is 1.82. The van der Waals surface area contributed by atoms with Crippen LogP contribution in [-0.2, 0) is 14.3 Å². The van der Waals surface area contributed by atoms with E-state index >= 15 is 0 Å². The molecule has 1 aromatic heterocycles. The van der Waals surface area contributed by atoms with Gasteiger partial charge in [0.25, 0.3) is 5.91 Å². The number of hydrogen-bond donors (Lipinski definition) is 0. The number of carbonyl (C=O) groups is 2. The van der Waals surface area contributed by atoms with Crippen LogP contribution in [0, 0.1) is 10.1 Å². The maximum Gasteiger partial charge on any atom is 0.433 e. The zero-order chi connectivity index (χ0) is 18.5. The van der Waals surface area contributed by atoms with E-state index in [-0.39, 0.29) is 11.7 Å². The molecule has 0 radical (unpaired) electrons. The van der Waals surface area contributed by atoms with Crippen LogP contribution in [0.2, 0.25) is 0 Å². The third-order valence-corrected chi connectivity index (χ3v) is 3.85. The molecule has 0 unspecified atom stereocenters. The molecule has 1 aliphatic rings. The molecule has 136 valence electrons. The zero-order valence-electron chi connectivity index (χ0n) is 13.7. The summed E-state index contributed by atoms with van der Waals surface area (Å²) in [7, 11) is 0. The molecule has 1 atom stereocenters. The Morgan fingerprint density at radius 2 is 1.81 bits per heavy atom. The number of carbonyl (C=O) groups excluding carboxylic acids is 2. The number of benzene rings is 1. The average Bonchev–Trinajstić information content (AvgIpc) is 3.17. The lowest BCUT2D eigenvalue weighted by Gasteiger charge is -2.30. The molecule has 0 bridgehead atoms. The summed E-state index contributed by atoms with van der Waals surface area (Å²) in [4.78, 5) is 36.6. The Bertz CT molecular complexity index is 796. The molecule has 0 aliphatic carbocycles. The molecule has 1 aromatic carbocycles. The smallest absolute Gasteiger partial charge is 0.433 e. The summed E-state index contributed by atoms with van der Waals surface area (Å²) < 4.78 is 15.4. The van der Waals surface area contributed by atoms with Crippen molar-refractivity contribution in [3.63, 3.8) is 0 Å². The van der Waals surface area contributed by atoms with E-state index in [1.165, 1.54) is 0 Å². The molecule has 1 aliphatic heterocycles. The van der Waals surface area contributed by atoms with Gasteiger partial charge in [-0.1, -0.05) is 30.3 Å². The van der Waals surface area contributed by atoms with E-state index in [4.69, 9.17) is 13.9 Å². The monoisotopic (exact) mass is 360 g/mol. The first kappa shape index (κ1) is 17.6. The molecule has 1 fully saturated rings. The van der Waals surface area contributed by atoms with Crippen molar-refractivity contribution in [1.29, 1.82) is 0 Å². The quantitative estimate of drug-likeness (QED) is 0.455. The lowest BCUT2D eigenvalue weighted by atomic mass is 10.1. The first-order valence-electron chi connectivity index (χ1n) is 7.93. The maximum atomic E-state index is 12.8. The first-order chi connectivity index (χ1) is 12.6. The van der Waals surface area contributed by atoms with E-state index in [1.807, 2.05) is 0 Å². The zero-order valence-corrected chi connectivity index (χ0v) is 13.7. The number of rotatable bonds is 5. The second-order valence-electron chi connectivity index (χ2n) is 5.53. The van der Waals surface area contributed by atoms with Gasteiger partial charge in [0.15, 0.2) is 0 Å². The van der Waals surface area contributed by atoms with Crippen molar-refractivity contribution in [3.05, 3.63) is 63.9 Å². The number of hydrogen-bond acceptors (Lipinski definition) is 7. The van der Waals surface area contributed by atoms with E-state index in [0.717, 1.165) is 12.1 Å². The molecule has 1 amide bonds. The number of amides is 1. The highest BCUT2D eigenvalue weighted by atomic mass is 16.7. The van der Waals surface area contributed by atoms with Gasteiger partial charge in [0.2, 0.25) is 11.9 Å². The van der Waals surface area contributed by atoms with Crippen LogP contribution in [0.15, 0.2) is 46.9 Å². The minimum absolute atomic E-state index is 0.340. The molecule has 9 heteroatoms. The van der Waals surface area contributed by atoms with Crippen LogP contribution in [0.25, 0.3) is 0 Å². The number of esters is 1. The summed E-state index contributed by atoms with van der Waals surface area (Å²) in [5, 5.41) is 10.7. The number of morpholine rings is 1. The summed E-state index contributed by atoms with van der Waals surface area (Å²) in [6, 6.07) is 10.7. The van der Waals surface area contributed by atoms with Gasteiger partial charge < -0.3 is 18.8 Å². The van der Waals surface area contributed by atoms with E-state index in [1.54, 1.807) is 35.2 Å². The number of furan rings is 1. The topological polar surface area (TPSA) is 112 Å². The fraction of sp³-hybridized carbons (Fsp3) is 0.294. The predicted octanol–water partition coefficient (Wildman–Crippen LogP) is 1.94. The number of nitro groups is 1. The standard InChI is InChI=1S/C17H16N2O7/c20-16(18-8-10-24-11-9-18)15(12-4-2-1-3-5-12)26-17(21)13-6-7-14(25-13)19(22)23/h1-7,15H,8-11H2/t15-/m1/s1. The van der Waals surface area contributed by atoms with Gasteiger partial charge in [-0.05, 0) is 6.07 Å². The Morgan fingerprint density at radius 3 is 2.42 bits per heavy atom. The van der Waals surface area contributed by atoms with E-state index in [0.29, 0.717) is 31.9 Å². The van der Waals surface area contributed by atoms with Crippen molar-refractivity contribution in [3.8, 4) is 0 Å². The van der Waals surface area contributed by atoms with Gasteiger partial charge in [-0.15, -0.1) is 0 Å². The summed E-state index contributed by atoms with van der Waals surface area (Å²) in [6.07, 6.45) is -1.18. The summed E-state index contributed by atoms with van der Waals surface area (Å²) in [5.74, 6) is -2.25. The van der Waals surface area contributed by atoms with E-state index in [2.05, 4.69) is 0 Å². The number of nitrogens with zero attached hydrogens (tertiary/aromatic N) is 2. The SMILES string of the molecule is O=C(O[C@@H](C(=O)N1CCOCC1)c1ccccc1)c1ccc([N+](=O)[O-])o1. The van der Waals surface area contributed by atoms with Crippen LogP contribution >= 0.6 is 0 Å². The minimum Gasteiger partial charge on any atom is -0.441 e. The summed E-state index contributed by atoms with van der Waals surface area (Å²) in [6.45, 7) is 1.61. The van der Waals surface area contributed by atoms with E-state index in [9.17, 15) is 19.7 Å². The third-order valence-electron chi connectivity index (χ3n) is 3.85. The van der Waals surface area contributed by atoms with Gasteiger partial charge >= 0.3 is 11.9 Å². The molecule has 0 saturated carbocycles. The average molecular weight is 360 g/mol. The summed E-state index contributed by atoms with van der Waals surface area (Å²) >= 11 is 0. The predicted molar refractivity (Wildman–Crippen MR) is 87.4 cm³/mol. The van der Waals surface area contributed by atoms with Crippen molar-refractivity contribution in [1.82, 2.24) is 4.90 Å². The fourth-order valence-electron chi connectivity index (χ4n) is 2.54. The molecule has 9 nitrogen and oxygen atoms in total. The second-order valence-corrected chi connectivity index (χ2v) is 5.53. The van der Waals surface area contributed by atoms with Gasteiger partial charge in [0.05, 0.1) is 19.3 Å². The molecular weight excluding hydrogens is 344 g/mol. The Labute approximate surface area is 148 Å². The Kier molecular flexibility index (Phi) is 5.28. The first-order valence-corrected chi connectivity index (χ1v) is 7.93. The fourth-order valence-corrected chi connectivity index (χ4v) is 2.54. The van der Waals surface area contributed by atoms with Crippen molar-refractivity contribution >= 4 is 17.8 Å².